The van der Waals surface area contributed by atoms with E-state index in [0.29, 0.717) is 18.8 Å². The van der Waals surface area contributed by atoms with Gasteiger partial charge in [-0.3, -0.25) is 9.59 Å². The molecule has 88 valence electrons. The summed E-state index contributed by atoms with van der Waals surface area (Å²) >= 11 is 0. The Morgan fingerprint density at radius 2 is 1.67 bits per heavy atom. The van der Waals surface area contributed by atoms with Crippen LogP contribution in [0.5, 0.6) is 0 Å². The van der Waals surface area contributed by atoms with Crippen LogP contribution in [-0.4, -0.2) is 17.9 Å². The Bertz CT molecular complexity index is 225. The smallest absolute Gasteiger partial charge is 0.240 e. The quantitative estimate of drug-likeness (QED) is 0.693. The zero-order valence-corrected chi connectivity index (χ0v) is 10.0. The minimum atomic E-state index is -0.531. The normalized spacial score (nSPS) is 12.9. The van der Waals surface area contributed by atoms with Crippen molar-refractivity contribution in [2.45, 2.75) is 46.6 Å². The highest BCUT2D eigenvalue weighted by molar-refractivity contribution is 5.86. The van der Waals surface area contributed by atoms with Crippen LogP contribution in [0.15, 0.2) is 0 Å². The summed E-state index contributed by atoms with van der Waals surface area (Å²) in [5.74, 6) is 0.0645. The lowest BCUT2D eigenvalue weighted by Crippen LogP contribution is -2.45. The molecule has 0 aliphatic rings. The minimum Gasteiger partial charge on any atom is -0.368 e. The molecule has 0 saturated carbocycles. The highest BCUT2D eigenvalue weighted by Gasteiger charge is 2.19. The molecule has 0 unspecified atom stereocenters. The molecular weight excluding hydrogens is 192 g/mol. The van der Waals surface area contributed by atoms with Crippen molar-refractivity contribution in [1.82, 2.24) is 5.32 Å². The molecule has 0 aromatic carbocycles. The average Bonchev–Trinajstić information content (AvgIpc) is 1.99. The molecule has 0 bridgehead atoms. The van der Waals surface area contributed by atoms with Crippen LogP contribution in [0.1, 0.15) is 40.5 Å². The first-order valence-corrected chi connectivity index (χ1v) is 5.41. The first kappa shape index (κ1) is 13.9. The molecule has 0 aliphatic heterocycles. The topological polar surface area (TPSA) is 72.2 Å². The number of nitrogens with one attached hydrogen (secondary N) is 1. The zero-order chi connectivity index (χ0) is 12.0. The molecule has 2 amide bonds. The van der Waals surface area contributed by atoms with Crippen LogP contribution in [0.4, 0.5) is 0 Å². The third kappa shape index (κ3) is 6.94. The van der Waals surface area contributed by atoms with Gasteiger partial charge in [0.1, 0.15) is 6.04 Å². The highest BCUT2D eigenvalue weighted by atomic mass is 16.2. The maximum Gasteiger partial charge on any atom is 0.240 e. The number of nitrogens with two attached hydrogens (primary N) is 1. The third-order valence-corrected chi connectivity index (χ3v) is 1.98. The van der Waals surface area contributed by atoms with Gasteiger partial charge < -0.3 is 11.1 Å². The zero-order valence-electron chi connectivity index (χ0n) is 10.0. The summed E-state index contributed by atoms with van der Waals surface area (Å²) in [6, 6.07) is -0.531. The average molecular weight is 214 g/mol. The van der Waals surface area contributed by atoms with Crippen LogP contribution in [0, 0.1) is 11.8 Å². The van der Waals surface area contributed by atoms with Gasteiger partial charge in [-0.15, -0.1) is 0 Å². The van der Waals surface area contributed by atoms with E-state index in [1.807, 2.05) is 27.7 Å². The van der Waals surface area contributed by atoms with Crippen molar-refractivity contribution in [3.05, 3.63) is 0 Å². The monoisotopic (exact) mass is 214 g/mol. The largest absolute Gasteiger partial charge is 0.368 e. The summed E-state index contributed by atoms with van der Waals surface area (Å²) in [6.45, 7) is 7.90. The Hall–Kier alpha value is -1.06. The lowest BCUT2D eigenvalue weighted by Gasteiger charge is -2.17. The van der Waals surface area contributed by atoms with Gasteiger partial charge in [-0.2, -0.15) is 0 Å². The van der Waals surface area contributed by atoms with Gasteiger partial charge in [-0.05, 0) is 18.3 Å². The van der Waals surface area contributed by atoms with Gasteiger partial charge in [0.05, 0.1) is 0 Å². The number of carbonyl (C=O) groups is 2. The molecule has 0 aromatic heterocycles. The van der Waals surface area contributed by atoms with Crippen molar-refractivity contribution >= 4 is 11.8 Å². The van der Waals surface area contributed by atoms with E-state index in [1.54, 1.807) is 0 Å². The SMILES string of the molecule is CC(C)CC(=O)N[C@H](CC(C)C)C(N)=O. The van der Waals surface area contributed by atoms with E-state index in [2.05, 4.69) is 5.32 Å². The van der Waals surface area contributed by atoms with Crippen molar-refractivity contribution in [1.29, 1.82) is 0 Å². The second kappa shape index (κ2) is 6.43. The molecule has 15 heavy (non-hydrogen) atoms. The number of carbonyl (C=O) groups excluding carboxylic acids is 2. The molecule has 3 N–H and O–H groups in total. The standard InChI is InChI=1S/C11H22N2O2/c1-7(2)5-9(11(12)15)13-10(14)6-8(3)4/h7-9H,5-6H2,1-4H3,(H2,12,15)(H,13,14)/t9-/m1/s1. The number of rotatable bonds is 6. The first-order valence-electron chi connectivity index (χ1n) is 5.41. The minimum absolute atomic E-state index is 0.102. The summed E-state index contributed by atoms with van der Waals surface area (Å²) in [5, 5.41) is 2.67. The fourth-order valence-corrected chi connectivity index (χ4v) is 1.34. The van der Waals surface area contributed by atoms with E-state index < -0.39 is 11.9 Å². The van der Waals surface area contributed by atoms with E-state index in [4.69, 9.17) is 5.73 Å². The Labute approximate surface area is 91.6 Å². The highest BCUT2D eigenvalue weighted by Crippen LogP contribution is 2.06. The molecule has 0 radical (unpaired) electrons. The Morgan fingerprint density at radius 1 is 1.13 bits per heavy atom. The fraction of sp³-hybridized carbons (Fsp3) is 0.818. The molecule has 0 heterocycles. The van der Waals surface area contributed by atoms with Crippen LogP contribution in [0.3, 0.4) is 0 Å². The van der Waals surface area contributed by atoms with Gasteiger partial charge in [0.25, 0.3) is 0 Å². The Balaban J connectivity index is 4.16. The predicted molar refractivity (Wildman–Crippen MR) is 60.0 cm³/mol. The van der Waals surface area contributed by atoms with E-state index in [9.17, 15) is 9.59 Å². The molecule has 4 heteroatoms. The summed E-state index contributed by atoms with van der Waals surface area (Å²) in [6.07, 6.45) is 1.03. The second-order valence-corrected chi connectivity index (χ2v) is 4.75. The molecule has 0 aliphatic carbocycles. The van der Waals surface area contributed by atoms with E-state index in [-0.39, 0.29) is 11.8 Å². The predicted octanol–water partition coefficient (Wildman–Crippen LogP) is 1.05. The molecular formula is C11H22N2O2. The summed E-state index contributed by atoms with van der Waals surface area (Å²) in [7, 11) is 0. The van der Waals surface area contributed by atoms with Gasteiger partial charge in [0, 0.05) is 6.42 Å². The number of primary amides is 1. The van der Waals surface area contributed by atoms with Crippen molar-refractivity contribution < 1.29 is 9.59 Å². The molecule has 0 spiro atoms. The third-order valence-electron chi connectivity index (χ3n) is 1.98. The molecule has 0 rings (SSSR count). The summed E-state index contributed by atoms with van der Waals surface area (Å²) in [5.41, 5.74) is 5.21. The van der Waals surface area contributed by atoms with E-state index >= 15 is 0 Å². The van der Waals surface area contributed by atoms with Gasteiger partial charge in [0.2, 0.25) is 11.8 Å². The molecule has 1 atom stereocenters. The van der Waals surface area contributed by atoms with Crippen LogP contribution in [0.25, 0.3) is 0 Å². The Morgan fingerprint density at radius 3 is 2.00 bits per heavy atom. The number of amides is 2. The second-order valence-electron chi connectivity index (χ2n) is 4.75. The lowest BCUT2D eigenvalue weighted by atomic mass is 10.0. The summed E-state index contributed by atoms with van der Waals surface area (Å²) < 4.78 is 0. The van der Waals surface area contributed by atoms with Gasteiger partial charge >= 0.3 is 0 Å². The number of hydrogen-bond donors (Lipinski definition) is 2. The van der Waals surface area contributed by atoms with Gasteiger partial charge in [0.15, 0.2) is 0 Å². The van der Waals surface area contributed by atoms with E-state index in [0.717, 1.165) is 0 Å². The lowest BCUT2D eigenvalue weighted by molar-refractivity contribution is -0.128. The van der Waals surface area contributed by atoms with Crippen molar-refractivity contribution in [2.75, 3.05) is 0 Å². The van der Waals surface area contributed by atoms with Crippen molar-refractivity contribution in [2.24, 2.45) is 17.6 Å². The van der Waals surface area contributed by atoms with Crippen LogP contribution in [-0.2, 0) is 9.59 Å². The molecule has 0 fully saturated rings. The maximum absolute atomic E-state index is 11.4. The van der Waals surface area contributed by atoms with E-state index in [1.165, 1.54) is 0 Å². The van der Waals surface area contributed by atoms with Crippen LogP contribution >= 0.6 is 0 Å². The fourth-order valence-electron chi connectivity index (χ4n) is 1.34. The van der Waals surface area contributed by atoms with Crippen LogP contribution in [0.2, 0.25) is 0 Å². The van der Waals surface area contributed by atoms with Gasteiger partial charge in [-0.25, -0.2) is 0 Å². The first-order chi connectivity index (χ1) is 6.82. The van der Waals surface area contributed by atoms with Crippen molar-refractivity contribution in [3.8, 4) is 0 Å². The maximum atomic E-state index is 11.4. The van der Waals surface area contributed by atoms with Crippen molar-refractivity contribution in [3.63, 3.8) is 0 Å². The summed E-state index contributed by atoms with van der Waals surface area (Å²) in [4.78, 5) is 22.5. The van der Waals surface area contributed by atoms with Crippen LogP contribution < -0.4 is 11.1 Å². The Kier molecular flexibility index (Phi) is 5.97. The molecule has 4 nitrogen and oxygen atoms in total. The molecule has 0 saturated heterocycles. The molecule has 0 aromatic rings. The number of hydrogen-bond acceptors (Lipinski definition) is 2. The van der Waals surface area contributed by atoms with Gasteiger partial charge in [-0.1, -0.05) is 27.7 Å².